The molecule has 25 heavy (non-hydrogen) atoms. The third kappa shape index (κ3) is 3.34. The molecule has 0 bridgehead atoms. The monoisotopic (exact) mass is 327 g/mol. The van der Waals surface area contributed by atoms with Crippen molar-refractivity contribution in [2.45, 2.75) is 12.8 Å². The molecular formula is C23H21NO. The first-order valence-corrected chi connectivity index (χ1v) is 8.83. The summed E-state index contributed by atoms with van der Waals surface area (Å²) in [7, 11) is 0. The van der Waals surface area contributed by atoms with Gasteiger partial charge >= 0.3 is 0 Å². The molecule has 3 aromatic carbocycles. The van der Waals surface area contributed by atoms with E-state index in [0.717, 1.165) is 30.5 Å². The van der Waals surface area contributed by atoms with Gasteiger partial charge in [-0.2, -0.15) is 0 Å². The van der Waals surface area contributed by atoms with E-state index in [1.165, 1.54) is 16.8 Å². The molecule has 0 aromatic heterocycles. The van der Waals surface area contributed by atoms with Crippen LogP contribution in [-0.2, 0) is 6.42 Å². The molecule has 3 aromatic rings. The highest BCUT2D eigenvalue weighted by Crippen LogP contribution is 2.27. The Hall–Kier alpha value is -2.87. The Labute approximate surface area is 148 Å². The summed E-state index contributed by atoms with van der Waals surface area (Å²) in [5.41, 5.74) is 5.65. The Kier molecular flexibility index (Phi) is 4.34. The van der Waals surface area contributed by atoms with E-state index >= 15 is 0 Å². The standard InChI is InChI=1S/C23H21NO/c25-23(17-24-16-6-10-20-9-4-5-11-22(20)24)21-14-12-19(13-15-21)18-7-2-1-3-8-18/h1-5,7-9,11-15H,6,10,16-17H2. The van der Waals surface area contributed by atoms with Crippen LogP contribution in [0.2, 0.25) is 0 Å². The third-order valence-electron chi connectivity index (χ3n) is 4.85. The number of hydrogen-bond donors (Lipinski definition) is 0. The third-order valence-corrected chi connectivity index (χ3v) is 4.85. The topological polar surface area (TPSA) is 20.3 Å². The highest BCUT2D eigenvalue weighted by molar-refractivity contribution is 5.99. The number of fused-ring (bicyclic) bond motifs is 1. The zero-order valence-electron chi connectivity index (χ0n) is 14.2. The van der Waals surface area contributed by atoms with Gasteiger partial charge in [-0.25, -0.2) is 0 Å². The molecule has 0 atom stereocenters. The number of para-hydroxylation sites is 1. The fourth-order valence-electron chi connectivity index (χ4n) is 3.52. The van der Waals surface area contributed by atoms with Gasteiger partial charge in [0.2, 0.25) is 0 Å². The van der Waals surface area contributed by atoms with Crippen LogP contribution in [0, 0.1) is 0 Å². The molecule has 2 heteroatoms. The molecule has 0 N–H and O–H groups in total. The number of nitrogens with zero attached hydrogens (tertiary/aromatic N) is 1. The molecule has 0 unspecified atom stereocenters. The summed E-state index contributed by atoms with van der Waals surface area (Å²) in [5.74, 6) is 0.177. The second kappa shape index (κ2) is 6.94. The Balaban J connectivity index is 1.51. The highest BCUT2D eigenvalue weighted by atomic mass is 16.1. The molecule has 4 rings (SSSR count). The van der Waals surface area contributed by atoms with E-state index in [-0.39, 0.29) is 5.78 Å². The predicted octanol–water partition coefficient (Wildman–Crippen LogP) is 4.99. The summed E-state index contributed by atoms with van der Waals surface area (Å²) < 4.78 is 0. The molecule has 0 spiro atoms. The zero-order chi connectivity index (χ0) is 17.1. The second-order valence-corrected chi connectivity index (χ2v) is 6.52. The molecule has 0 radical (unpaired) electrons. The number of ketones is 1. The molecule has 0 saturated carbocycles. The molecule has 0 saturated heterocycles. The van der Waals surface area contributed by atoms with E-state index in [4.69, 9.17) is 0 Å². The summed E-state index contributed by atoms with van der Waals surface area (Å²) >= 11 is 0. The molecular weight excluding hydrogens is 306 g/mol. The highest BCUT2D eigenvalue weighted by Gasteiger charge is 2.19. The van der Waals surface area contributed by atoms with Gasteiger partial charge in [-0.05, 0) is 35.6 Å². The summed E-state index contributed by atoms with van der Waals surface area (Å²) in [4.78, 5) is 14.9. The molecule has 124 valence electrons. The Bertz CT molecular complexity index is 868. The van der Waals surface area contributed by atoms with Crippen LogP contribution in [-0.4, -0.2) is 18.9 Å². The van der Waals surface area contributed by atoms with E-state index in [0.29, 0.717) is 6.54 Å². The Morgan fingerprint density at radius 2 is 1.48 bits per heavy atom. The number of hydrogen-bond acceptors (Lipinski definition) is 2. The van der Waals surface area contributed by atoms with Crippen LogP contribution in [0.3, 0.4) is 0 Å². The quantitative estimate of drug-likeness (QED) is 0.629. The van der Waals surface area contributed by atoms with Crippen LogP contribution in [0.5, 0.6) is 0 Å². The maximum absolute atomic E-state index is 12.7. The minimum atomic E-state index is 0.177. The Morgan fingerprint density at radius 1 is 0.800 bits per heavy atom. The second-order valence-electron chi connectivity index (χ2n) is 6.52. The maximum atomic E-state index is 12.7. The normalized spacial score (nSPS) is 13.4. The number of aryl methyl sites for hydroxylation is 1. The number of carbonyl (C=O) groups excluding carboxylic acids is 1. The Morgan fingerprint density at radius 3 is 2.28 bits per heavy atom. The number of carbonyl (C=O) groups is 1. The maximum Gasteiger partial charge on any atom is 0.182 e. The van der Waals surface area contributed by atoms with E-state index in [1.54, 1.807) is 0 Å². The number of benzene rings is 3. The molecule has 0 amide bonds. The van der Waals surface area contributed by atoms with Crippen LogP contribution in [0.25, 0.3) is 11.1 Å². The number of Topliss-reactive ketones (excluding diaryl/α,β-unsaturated/α-hetero) is 1. The van der Waals surface area contributed by atoms with Gasteiger partial charge in [-0.1, -0.05) is 72.8 Å². The van der Waals surface area contributed by atoms with Crippen molar-refractivity contribution in [2.75, 3.05) is 18.0 Å². The lowest BCUT2D eigenvalue weighted by molar-refractivity contribution is 0.0998. The molecule has 0 fully saturated rings. The van der Waals surface area contributed by atoms with Crippen molar-refractivity contribution in [3.05, 3.63) is 90.0 Å². The van der Waals surface area contributed by atoms with Crippen LogP contribution in [0.4, 0.5) is 5.69 Å². The largest absolute Gasteiger partial charge is 0.364 e. The summed E-state index contributed by atoms with van der Waals surface area (Å²) in [5, 5.41) is 0. The van der Waals surface area contributed by atoms with Crippen LogP contribution in [0.15, 0.2) is 78.9 Å². The van der Waals surface area contributed by atoms with Crippen molar-refractivity contribution in [2.24, 2.45) is 0 Å². The summed E-state index contributed by atoms with van der Waals surface area (Å²) in [6.45, 7) is 1.40. The first kappa shape index (κ1) is 15.6. The fourth-order valence-corrected chi connectivity index (χ4v) is 3.52. The average molecular weight is 327 g/mol. The SMILES string of the molecule is O=C(CN1CCCc2ccccc21)c1ccc(-c2ccccc2)cc1. The van der Waals surface area contributed by atoms with E-state index in [1.807, 2.05) is 42.5 Å². The first-order valence-electron chi connectivity index (χ1n) is 8.83. The van der Waals surface area contributed by atoms with Crippen molar-refractivity contribution in [1.29, 1.82) is 0 Å². The van der Waals surface area contributed by atoms with Gasteiger partial charge in [0.15, 0.2) is 5.78 Å². The lowest BCUT2D eigenvalue weighted by Crippen LogP contribution is -2.34. The minimum Gasteiger partial charge on any atom is -0.364 e. The molecule has 1 heterocycles. The van der Waals surface area contributed by atoms with Gasteiger partial charge in [0.25, 0.3) is 0 Å². The van der Waals surface area contributed by atoms with Gasteiger partial charge in [0, 0.05) is 17.8 Å². The van der Waals surface area contributed by atoms with E-state index in [2.05, 4.69) is 41.3 Å². The lowest BCUT2D eigenvalue weighted by Gasteiger charge is -2.30. The summed E-state index contributed by atoms with van der Waals surface area (Å²) in [6, 6.07) is 26.6. The van der Waals surface area contributed by atoms with Gasteiger partial charge < -0.3 is 4.90 Å². The summed E-state index contributed by atoms with van der Waals surface area (Å²) in [6.07, 6.45) is 2.21. The molecule has 0 aliphatic carbocycles. The van der Waals surface area contributed by atoms with Gasteiger partial charge in [0.1, 0.15) is 0 Å². The molecule has 1 aliphatic heterocycles. The van der Waals surface area contributed by atoms with Gasteiger partial charge in [-0.3, -0.25) is 4.79 Å². The first-order chi connectivity index (χ1) is 12.3. The minimum absolute atomic E-state index is 0.177. The van der Waals surface area contributed by atoms with Crippen molar-refractivity contribution in [1.82, 2.24) is 0 Å². The van der Waals surface area contributed by atoms with Gasteiger partial charge in [0.05, 0.1) is 6.54 Å². The number of anilines is 1. The van der Waals surface area contributed by atoms with Crippen molar-refractivity contribution in [3.8, 4) is 11.1 Å². The predicted molar refractivity (Wildman–Crippen MR) is 103 cm³/mol. The van der Waals surface area contributed by atoms with Crippen molar-refractivity contribution in [3.63, 3.8) is 0 Å². The smallest absolute Gasteiger partial charge is 0.182 e. The van der Waals surface area contributed by atoms with Crippen LogP contribution >= 0.6 is 0 Å². The lowest BCUT2D eigenvalue weighted by atomic mass is 10.00. The van der Waals surface area contributed by atoms with Gasteiger partial charge in [-0.15, -0.1) is 0 Å². The fraction of sp³-hybridized carbons (Fsp3) is 0.174. The van der Waals surface area contributed by atoms with E-state index < -0.39 is 0 Å². The van der Waals surface area contributed by atoms with Crippen LogP contribution < -0.4 is 4.90 Å². The molecule has 2 nitrogen and oxygen atoms in total. The molecule has 1 aliphatic rings. The van der Waals surface area contributed by atoms with Crippen LogP contribution in [0.1, 0.15) is 22.3 Å². The van der Waals surface area contributed by atoms with E-state index in [9.17, 15) is 4.79 Å². The zero-order valence-corrected chi connectivity index (χ0v) is 14.2. The average Bonchev–Trinajstić information content (AvgIpc) is 2.69. The number of rotatable bonds is 4. The van der Waals surface area contributed by atoms with Crippen molar-refractivity contribution >= 4 is 11.5 Å². The van der Waals surface area contributed by atoms with Crippen molar-refractivity contribution < 1.29 is 4.79 Å².